The number of carbonyl (C=O) groups is 1. The average Bonchev–Trinajstić information content (AvgIpc) is 3.36. The molecule has 9 atom stereocenters. The summed E-state index contributed by atoms with van der Waals surface area (Å²) in [5, 5.41) is 20.7. The van der Waals surface area contributed by atoms with Crippen LogP contribution in [0.2, 0.25) is 0 Å². The zero-order chi connectivity index (χ0) is 28.1. The highest BCUT2D eigenvalue weighted by Crippen LogP contribution is 2.68. The maximum absolute atomic E-state index is 13.0. The molecule has 5 nitrogen and oxygen atoms in total. The molecule has 1 aromatic rings. The van der Waals surface area contributed by atoms with E-state index in [9.17, 15) is 15.0 Å². The summed E-state index contributed by atoms with van der Waals surface area (Å²) >= 11 is 0. The Kier molecular flexibility index (Phi) is 8.12. The summed E-state index contributed by atoms with van der Waals surface area (Å²) in [4.78, 5) is 13.0. The van der Waals surface area contributed by atoms with E-state index in [0.29, 0.717) is 27.9 Å². The summed E-state index contributed by atoms with van der Waals surface area (Å²) in [5.74, 6) is 4.46. The zero-order valence-corrected chi connectivity index (χ0v) is 25.6. The molecule has 0 radical (unpaired) electrons. The Morgan fingerprint density at radius 3 is 2.28 bits per heavy atom. The number of unbranched alkanes of at least 4 members (excludes halogenated alkanes) is 3. The lowest BCUT2D eigenvalue weighted by Crippen LogP contribution is -2.54. The minimum atomic E-state index is -0.655. The summed E-state index contributed by atoms with van der Waals surface area (Å²) in [5.41, 5.74) is 1.90. The van der Waals surface area contributed by atoms with E-state index in [1.54, 1.807) is 13.8 Å². The highest BCUT2D eigenvalue weighted by Gasteiger charge is 2.60. The van der Waals surface area contributed by atoms with Gasteiger partial charge in [0.25, 0.3) is 0 Å². The van der Waals surface area contributed by atoms with E-state index in [1.165, 1.54) is 70.6 Å². The second-order valence-corrected chi connectivity index (χ2v) is 14.7. The van der Waals surface area contributed by atoms with E-state index in [1.807, 2.05) is 0 Å². The lowest BCUT2D eigenvalue weighted by atomic mass is 9.44. The van der Waals surface area contributed by atoms with Gasteiger partial charge in [-0.2, -0.15) is 4.57 Å². The first kappa shape index (κ1) is 28.9. The molecule has 2 N–H and O–H groups in total. The fourth-order valence-electron chi connectivity index (χ4n) is 10.5. The predicted octanol–water partition coefficient (Wildman–Crippen LogP) is 9.13. The summed E-state index contributed by atoms with van der Waals surface area (Å²) in [6.07, 6.45) is 17.3. The molecule has 0 spiro atoms. The van der Waals surface area contributed by atoms with Crippen molar-refractivity contribution >= 4 is 6.09 Å². The average molecular weight is 542 g/mol. The molecule has 4 saturated carbocycles. The van der Waals surface area contributed by atoms with Crippen molar-refractivity contribution in [3.05, 3.63) is 11.1 Å². The molecule has 9 unspecified atom stereocenters. The van der Waals surface area contributed by atoms with Crippen LogP contribution < -0.4 is 0 Å². The van der Waals surface area contributed by atoms with Crippen molar-refractivity contribution in [2.24, 2.45) is 46.3 Å². The van der Waals surface area contributed by atoms with Gasteiger partial charge in [0.1, 0.15) is 6.10 Å². The lowest BCUT2D eigenvalue weighted by molar-refractivity contribution is -0.129. The highest BCUT2D eigenvalue weighted by atomic mass is 16.6. The Morgan fingerprint density at radius 2 is 1.59 bits per heavy atom. The van der Waals surface area contributed by atoms with Crippen molar-refractivity contribution in [1.29, 1.82) is 0 Å². The van der Waals surface area contributed by atoms with Gasteiger partial charge in [-0.05, 0) is 118 Å². The number of rotatable bonds is 7. The normalized spacial score (nSPS) is 38.5. The fourth-order valence-corrected chi connectivity index (χ4v) is 10.5. The van der Waals surface area contributed by atoms with Crippen LogP contribution in [0.3, 0.4) is 0 Å². The standard InChI is InChI=1S/C34H55NO4/c1-7-8-9-10-11-21(2)27-14-15-28-26-13-12-24-20-25(16-18-33(24,5)29(26)17-19-34(27,28)6)39-32(38)35-30(36)22(3)23(4)31(35)37/h21,24-29,36-37H,7-20H2,1-6H3. The van der Waals surface area contributed by atoms with E-state index in [4.69, 9.17) is 4.74 Å². The third-order valence-corrected chi connectivity index (χ3v) is 13.0. The number of nitrogens with zero attached hydrogens (tertiary/aromatic N) is 1. The smallest absolute Gasteiger partial charge is 0.424 e. The quantitative estimate of drug-likeness (QED) is 0.338. The predicted molar refractivity (Wildman–Crippen MR) is 156 cm³/mol. The SMILES string of the molecule is CCCCCCC(C)C1CCC2C3CCC4CC(OC(=O)n5c(O)c(C)c(C)c5O)CCC4(C)C3CCC12C. The number of fused-ring (bicyclic) bond motifs is 5. The molecule has 0 amide bonds. The molecule has 1 aromatic heterocycles. The summed E-state index contributed by atoms with van der Waals surface area (Å²) in [7, 11) is 0. The van der Waals surface area contributed by atoms with Gasteiger partial charge >= 0.3 is 6.09 Å². The van der Waals surface area contributed by atoms with E-state index in [2.05, 4.69) is 27.7 Å². The van der Waals surface area contributed by atoms with Crippen LogP contribution in [-0.4, -0.2) is 27.0 Å². The van der Waals surface area contributed by atoms with Crippen molar-refractivity contribution in [2.75, 3.05) is 0 Å². The maximum atomic E-state index is 13.0. The number of ether oxygens (including phenoxy) is 1. The maximum Gasteiger partial charge on any atom is 0.424 e. The number of hydrogen-bond donors (Lipinski definition) is 2. The van der Waals surface area contributed by atoms with Gasteiger partial charge in [-0.25, -0.2) is 4.79 Å². The van der Waals surface area contributed by atoms with Gasteiger partial charge in [0, 0.05) is 11.1 Å². The van der Waals surface area contributed by atoms with Gasteiger partial charge < -0.3 is 14.9 Å². The summed E-state index contributed by atoms with van der Waals surface area (Å²) in [6.45, 7) is 13.5. The summed E-state index contributed by atoms with van der Waals surface area (Å²) < 4.78 is 6.84. The molecule has 0 aliphatic heterocycles. The van der Waals surface area contributed by atoms with Crippen LogP contribution in [0, 0.1) is 60.2 Å². The first-order chi connectivity index (χ1) is 18.5. The van der Waals surface area contributed by atoms with Crippen molar-refractivity contribution in [1.82, 2.24) is 4.57 Å². The van der Waals surface area contributed by atoms with E-state index < -0.39 is 6.09 Å². The van der Waals surface area contributed by atoms with Crippen molar-refractivity contribution in [2.45, 2.75) is 138 Å². The van der Waals surface area contributed by atoms with Gasteiger partial charge in [-0.3, -0.25) is 0 Å². The number of carbonyl (C=O) groups excluding carboxylic acids is 1. The molecule has 1 heterocycles. The first-order valence-electron chi connectivity index (χ1n) is 16.3. The molecular formula is C34H55NO4. The largest absolute Gasteiger partial charge is 0.494 e. The molecular weight excluding hydrogens is 486 g/mol. The monoisotopic (exact) mass is 541 g/mol. The van der Waals surface area contributed by atoms with Crippen LogP contribution in [0.15, 0.2) is 0 Å². The van der Waals surface area contributed by atoms with E-state index >= 15 is 0 Å². The Morgan fingerprint density at radius 1 is 0.923 bits per heavy atom. The summed E-state index contributed by atoms with van der Waals surface area (Å²) in [6, 6.07) is 0. The van der Waals surface area contributed by atoms with Crippen LogP contribution >= 0.6 is 0 Å². The van der Waals surface area contributed by atoms with Crippen molar-refractivity contribution < 1.29 is 19.7 Å². The third-order valence-electron chi connectivity index (χ3n) is 13.0. The van der Waals surface area contributed by atoms with Gasteiger partial charge in [0.15, 0.2) is 0 Å². The van der Waals surface area contributed by atoms with Crippen LogP contribution in [0.4, 0.5) is 4.79 Å². The topological polar surface area (TPSA) is 71.7 Å². The number of aromatic hydroxyl groups is 2. The number of aromatic nitrogens is 1. The molecule has 4 aliphatic carbocycles. The Hall–Kier alpha value is -1.65. The van der Waals surface area contributed by atoms with Crippen LogP contribution in [0.5, 0.6) is 11.8 Å². The van der Waals surface area contributed by atoms with Crippen LogP contribution in [-0.2, 0) is 4.74 Å². The van der Waals surface area contributed by atoms with Gasteiger partial charge in [-0.1, -0.05) is 59.8 Å². The van der Waals surface area contributed by atoms with E-state index in [0.717, 1.165) is 53.4 Å². The Bertz CT molecular complexity index is 1020. The Labute approximate surface area is 237 Å². The molecule has 4 aliphatic rings. The number of hydrogen-bond acceptors (Lipinski definition) is 4. The lowest BCUT2D eigenvalue weighted by Gasteiger charge is -2.61. The second-order valence-electron chi connectivity index (χ2n) is 14.7. The third kappa shape index (κ3) is 4.82. The molecule has 5 rings (SSSR count). The van der Waals surface area contributed by atoms with Gasteiger partial charge in [-0.15, -0.1) is 0 Å². The molecule has 5 heteroatoms. The second kappa shape index (κ2) is 11.0. The Balaban J connectivity index is 1.23. The van der Waals surface area contributed by atoms with E-state index in [-0.39, 0.29) is 17.9 Å². The first-order valence-corrected chi connectivity index (χ1v) is 16.3. The zero-order valence-electron chi connectivity index (χ0n) is 25.6. The molecule has 39 heavy (non-hydrogen) atoms. The molecule has 0 saturated heterocycles. The van der Waals surface area contributed by atoms with Crippen molar-refractivity contribution in [3.8, 4) is 11.8 Å². The van der Waals surface area contributed by atoms with Crippen LogP contribution in [0.25, 0.3) is 0 Å². The fraction of sp³-hybridized carbons (Fsp3) is 0.853. The van der Waals surface area contributed by atoms with Gasteiger partial charge in [0.2, 0.25) is 11.8 Å². The minimum Gasteiger partial charge on any atom is -0.494 e. The highest BCUT2D eigenvalue weighted by molar-refractivity contribution is 5.76. The molecule has 0 aromatic carbocycles. The molecule has 4 fully saturated rings. The minimum absolute atomic E-state index is 0.146. The molecule has 0 bridgehead atoms. The van der Waals surface area contributed by atoms with Gasteiger partial charge in [0.05, 0.1) is 0 Å². The van der Waals surface area contributed by atoms with Crippen LogP contribution in [0.1, 0.15) is 129 Å². The van der Waals surface area contributed by atoms with Crippen molar-refractivity contribution in [3.63, 3.8) is 0 Å². The molecule has 220 valence electrons.